The van der Waals surface area contributed by atoms with Crippen LogP contribution in [0.5, 0.6) is 0 Å². The summed E-state index contributed by atoms with van der Waals surface area (Å²) in [5.41, 5.74) is 0.193. The molecule has 0 saturated carbocycles. The maximum absolute atomic E-state index is 11.7. The van der Waals surface area contributed by atoms with Crippen molar-refractivity contribution in [1.29, 1.82) is 0 Å². The third-order valence-electron chi connectivity index (χ3n) is 2.36. The molecule has 1 aromatic carbocycles. The number of hydrogen-bond acceptors (Lipinski definition) is 5. The summed E-state index contributed by atoms with van der Waals surface area (Å²) in [7, 11) is 0. The Balaban J connectivity index is 2.73. The third kappa shape index (κ3) is 7.04. The lowest BCUT2D eigenvalue weighted by Crippen LogP contribution is -2.34. The summed E-state index contributed by atoms with van der Waals surface area (Å²) in [5.74, 6) is -0.417. The van der Waals surface area contributed by atoms with Crippen molar-refractivity contribution in [2.45, 2.75) is 38.5 Å². The van der Waals surface area contributed by atoms with Crippen LogP contribution in [0.2, 0.25) is 5.02 Å². The number of halogens is 1. The molecule has 0 aliphatic rings. The van der Waals surface area contributed by atoms with Gasteiger partial charge in [-0.15, -0.1) is 0 Å². The predicted molar refractivity (Wildman–Crippen MR) is 87.8 cm³/mol. The molecular formula is C15H20ClNO4S. The molecule has 0 aliphatic carbocycles. The van der Waals surface area contributed by atoms with Crippen molar-refractivity contribution in [3.05, 3.63) is 34.9 Å². The predicted octanol–water partition coefficient (Wildman–Crippen LogP) is 4.12. The minimum Gasteiger partial charge on any atom is -0.444 e. The second-order valence-electron chi connectivity index (χ2n) is 5.56. The fourth-order valence-electron chi connectivity index (χ4n) is 1.55. The SMILES string of the molecule is CC(=O)OSC(CNC(=O)OC(C)(C)C)c1ccccc1Cl. The van der Waals surface area contributed by atoms with Crippen molar-refractivity contribution in [2.75, 3.05) is 6.54 Å². The lowest BCUT2D eigenvalue weighted by Gasteiger charge is -2.21. The molecule has 122 valence electrons. The number of hydrogen-bond donors (Lipinski definition) is 1. The lowest BCUT2D eigenvalue weighted by atomic mass is 10.1. The molecule has 0 spiro atoms. The molecule has 0 aromatic heterocycles. The van der Waals surface area contributed by atoms with Gasteiger partial charge in [0.1, 0.15) is 5.60 Å². The zero-order valence-electron chi connectivity index (χ0n) is 13.0. The Morgan fingerprint density at radius 2 is 1.95 bits per heavy atom. The van der Waals surface area contributed by atoms with Crippen molar-refractivity contribution >= 4 is 35.7 Å². The molecule has 1 amide bonds. The monoisotopic (exact) mass is 345 g/mol. The van der Waals surface area contributed by atoms with Crippen molar-refractivity contribution in [3.8, 4) is 0 Å². The first-order valence-corrected chi connectivity index (χ1v) is 7.92. The second-order valence-corrected chi connectivity index (χ2v) is 6.90. The van der Waals surface area contributed by atoms with Crippen LogP contribution in [0.1, 0.15) is 38.5 Å². The minimum absolute atomic E-state index is 0.219. The smallest absolute Gasteiger partial charge is 0.407 e. The Labute approximate surface area is 139 Å². The van der Waals surface area contributed by atoms with E-state index >= 15 is 0 Å². The van der Waals surface area contributed by atoms with E-state index in [9.17, 15) is 9.59 Å². The van der Waals surface area contributed by atoms with Gasteiger partial charge in [-0.25, -0.2) is 4.79 Å². The summed E-state index contributed by atoms with van der Waals surface area (Å²) in [6, 6.07) is 7.20. The number of rotatable bonds is 5. The molecule has 7 heteroatoms. The highest BCUT2D eigenvalue weighted by molar-refractivity contribution is 7.95. The molecule has 0 heterocycles. The van der Waals surface area contributed by atoms with Gasteiger partial charge < -0.3 is 14.2 Å². The number of alkyl carbamates (subject to hydrolysis) is 1. The van der Waals surface area contributed by atoms with Gasteiger partial charge in [0.25, 0.3) is 0 Å². The van der Waals surface area contributed by atoms with Crippen LogP contribution < -0.4 is 5.32 Å². The topological polar surface area (TPSA) is 64.6 Å². The number of nitrogens with one attached hydrogen (secondary N) is 1. The highest BCUT2D eigenvalue weighted by Crippen LogP contribution is 2.33. The fraction of sp³-hybridized carbons (Fsp3) is 0.467. The van der Waals surface area contributed by atoms with Crippen molar-refractivity contribution in [1.82, 2.24) is 5.32 Å². The van der Waals surface area contributed by atoms with E-state index < -0.39 is 17.7 Å². The maximum atomic E-state index is 11.7. The average molecular weight is 346 g/mol. The first-order chi connectivity index (χ1) is 10.2. The standard InChI is InChI=1S/C15H20ClNO4S/c1-10(18)21-22-13(11-7-5-6-8-12(11)16)9-17-14(19)20-15(2,3)4/h5-8,13H,9H2,1-4H3,(H,17,19). The van der Waals surface area contributed by atoms with Gasteiger partial charge in [0.05, 0.1) is 17.3 Å². The lowest BCUT2D eigenvalue weighted by molar-refractivity contribution is -0.130. The Morgan fingerprint density at radius 3 is 2.50 bits per heavy atom. The van der Waals surface area contributed by atoms with Gasteiger partial charge in [-0.2, -0.15) is 0 Å². The Morgan fingerprint density at radius 1 is 1.32 bits per heavy atom. The number of carbonyl (C=O) groups excluding carboxylic acids is 2. The molecule has 5 nitrogen and oxygen atoms in total. The number of amides is 1. The largest absolute Gasteiger partial charge is 0.444 e. The van der Waals surface area contributed by atoms with Gasteiger partial charge in [0.15, 0.2) is 0 Å². The van der Waals surface area contributed by atoms with Crippen LogP contribution in [0.4, 0.5) is 4.79 Å². The number of benzene rings is 1. The highest BCUT2D eigenvalue weighted by Gasteiger charge is 2.21. The normalized spacial score (nSPS) is 12.4. The van der Waals surface area contributed by atoms with Crippen LogP contribution in [0.15, 0.2) is 24.3 Å². The molecule has 0 saturated heterocycles. The van der Waals surface area contributed by atoms with Gasteiger partial charge in [0, 0.05) is 18.5 Å². The summed E-state index contributed by atoms with van der Waals surface area (Å²) in [6.45, 7) is 6.89. The summed E-state index contributed by atoms with van der Waals surface area (Å²) < 4.78 is 10.2. The van der Waals surface area contributed by atoms with Crippen molar-refractivity contribution < 1.29 is 18.5 Å². The van der Waals surface area contributed by atoms with Crippen LogP contribution in [0, 0.1) is 0 Å². The van der Waals surface area contributed by atoms with Crippen LogP contribution in [-0.4, -0.2) is 24.2 Å². The van der Waals surface area contributed by atoms with E-state index in [1.807, 2.05) is 12.1 Å². The molecule has 1 unspecified atom stereocenters. The van der Waals surface area contributed by atoms with E-state index in [1.54, 1.807) is 32.9 Å². The van der Waals surface area contributed by atoms with Gasteiger partial charge in [-0.3, -0.25) is 4.79 Å². The molecular weight excluding hydrogens is 326 g/mol. The first kappa shape index (κ1) is 18.6. The quantitative estimate of drug-likeness (QED) is 0.813. The fourth-order valence-corrected chi connectivity index (χ4v) is 2.59. The maximum Gasteiger partial charge on any atom is 0.407 e. The molecule has 1 N–H and O–H groups in total. The summed E-state index contributed by atoms with van der Waals surface area (Å²) >= 11 is 7.11. The first-order valence-electron chi connectivity index (χ1n) is 6.74. The van der Waals surface area contributed by atoms with Gasteiger partial charge in [0.2, 0.25) is 0 Å². The average Bonchev–Trinajstić information content (AvgIpc) is 2.38. The zero-order chi connectivity index (χ0) is 16.8. The highest BCUT2D eigenvalue weighted by atomic mass is 35.5. The van der Waals surface area contributed by atoms with Gasteiger partial charge >= 0.3 is 12.1 Å². The number of ether oxygens (including phenoxy) is 1. The van der Waals surface area contributed by atoms with Crippen LogP contribution in [0.3, 0.4) is 0 Å². The molecule has 1 atom stereocenters. The van der Waals surface area contributed by atoms with Crippen molar-refractivity contribution in [2.24, 2.45) is 0 Å². The van der Waals surface area contributed by atoms with E-state index in [-0.39, 0.29) is 11.8 Å². The Bertz CT molecular complexity index is 531. The number of carbonyl (C=O) groups is 2. The molecule has 22 heavy (non-hydrogen) atoms. The van der Waals surface area contributed by atoms with E-state index in [1.165, 1.54) is 6.92 Å². The molecule has 1 aromatic rings. The summed E-state index contributed by atoms with van der Waals surface area (Å²) in [4.78, 5) is 22.7. The van der Waals surface area contributed by atoms with E-state index in [4.69, 9.17) is 20.5 Å². The van der Waals surface area contributed by atoms with Crippen LogP contribution in [0.25, 0.3) is 0 Å². The Hall–Kier alpha value is -1.40. The van der Waals surface area contributed by atoms with Gasteiger partial charge in [-0.1, -0.05) is 29.8 Å². The third-order valence-corrected chi connectivity index (χ3v) is 3.69. The Kier molecular flexibility index (Phi) is 7.03. The molecule has 0 fully saturated rings. The van der Waals surface area contributed by atoms with Crippen LogP contribution in [-0.2, 0) is 13.7 Å². The summed E-state index contributed by atoms with van der Waals surface area (Å²) in [5, 5.41) is 2.87. The molecule has 0 bridgehead atoms. The molecule has 0 aliphatic heterocycles. The summed E-state index contributed by atoms with van der Waals surface area (Å²) in [6.07, 6.45) is -0.534. The zero-order valence-corrected chi connectivity index (χ0v) is 14.6. The van der Waals surface area contributed by atoms with E-state index in [0.717, 1.165) is 17.6 Å². The van der Waals surface area contributed by atoms with Gasteiger partial charge in [-0.05, 0) is 32.4 Å². The van der Waals surface area contributed by atoms with Crippen molar-refractivity contribution in [3.63, 3.8) is 0 Å². The van der Waals surface area contributed by atoms with E-state index in [2.05, 4.69) is 5.32 Å². The molecule has 0 radical (unpaired) electrons. The molecule has 1 rings (SSSR count). The second kappa shape index (κ2) is 8.29. The van der Waals surface area contributed by atoms with Crippen LogP contribution >= 0.6 is 23.6 Å². The minimum atomic E-state index is -0.576. The van der Waals surface area contributed by atoms with E-state index in [0.29, 0.717) is 5.02 Å².